The molecule has 1 aromatic rings. The molecule has 2 aliphatic carbocycles. The molecule has 1 aromatic carbocycles. The van der Waals surface area contributed by atoms with E-state index in [1.54, 1.807) is 0 Å². The van der Waals surface area contributed by atoms with Crippen LogP contribution in [0.3, 0.4) is 0 Å². The molecule has 0 aliphatic heterocycles. The molecule has 3 heteroatoms. The number of aliphatic hydroxyl groups is 1. The van der Waals surface area contributed by atoms with Gasteiger partial charge in [0.15, 0.2) is 0 Å². The van der Waals surface area contributed by atoms with Gasteiger partial charge in [-0.25, -0.2) is 0 Å². The highest BCUT2D eigenvalue weighted by atomic mass is 16.3. The van der Waals surface area contributed by atoms with E-state index in [9.17, 15) is 9.90 Å². The quantitative estimate of drug-likeness (QED) is 0.849. The third-order valence-electron chi connectivity index (χ3n) is 4.65. The first kappa shape index (κ1) is 12.7. The second-order valence-electron chi connectivity index (χ2n) is 6.18. The van der Waals surface area contributed by atoms with Gasteiger partial charge in [-0.15, -0.1) is 0 Å². The number of nitrogens with one attached hydrogen (secondary N) is 1. The molecular weight excluding hydrogens is 238 g/mol. The van der Waals surface area contributed by atoms with Crippen LogP contribution in [-0.2, 0) is 4.79 Å². The van der Waals surface area contributed by atoms with Gasteiger partial charge in [0.05, 0.1) is 6.61 Å². The van der Waals surface area contributed by atoms with Crippen LogP contribution in [0.4, 0.5) is 0 Å². The predicted octanol–water partition coefficient (Wildman–Crippen LogP) is 1.99. The molecule has 0 aromatic heterocycles. The van der Waals surface area contributed by atoms with Gasteiger partial charge >= 0.3 is 0 Å². The molecule has 102 valence electrons. The molecule has 0 bridgehead atoms. The maximum atomic E-state index is 12.1. The summed E-state index contributed by atoms with van der Waals surface area (Å²) >= 11 is 0. The Balaban J connectivity index is 1.55. The highest BCUT2D eigenvalue weighted by molar-refractivity contribution is 5.83. The fourth-order valence-corrected chi connectivity index (χ4v) is 2.80. The third kappa shape index (κ3) is 2.52. The fourth-order valence-electron chi connectivity index (χ4n) is 2.80. The molecular formula is C16H21NO2. The van der Waals surface area contributed by atoms with E-state index in [0.717, 1.165) is 19.3 Å². The van der Waals surface area contributed by atoms with Crippen LogP contribution in [0, 0.1) is 18.3 Å². The smallest absolute Gasteiger partial charge is 0.223 e. The fraction of sp³-hybridized carbons (Fsp3) is 0.562. The molecule has 0 spiro atoms. The van der Waals surface area contributed by atoms with E-state index in [4.69, 9.17) is 0 Å². The third-order valence-corrected chi connectivity index (χ3v) is 4.65. The number of carbonyl (C=O) groups excluding carboxylic acids is 1. The van der Waals surface area contributed by atoms with Gasteiger partial charge in [-0.05, 0) is 43.2 Å². The molecule has 2 fully saturated rings. The highest BCUT2D eigenvalue weighted by Crippen LogP contribution is 2.49. The Kier molecular flexibility index (Phi) is 3.09. The summed E-state index contributed by atoms with van der Waals surface area (Å²) in [5, 5.41) is 12.3. The summed E-state index contributed by atoms with van der Waals surface area (Å²) in [5.41, 5.74) is 2.59. The van der Waals surface area contributed by atoms with Crippen molar-refractivity contribution in [2.75, 3.05) is 13.2 Å². The maximum absolute atomic E-state index is 12.1. The number of amides is 1. The second-order valence-corrected chi connectivity index (χ2v) is 6.18. The molecule has 1 amide bonds. The van der Waals surface area contributed by atoms with Gasteiger partial charge < -0.3 is 10.4 Å². The van der Waals surface area contributed by atoms with Crippen molar-refractivity contribution < 1.29 is 9.90 Å². The van der Waals surface area contributed by atoms with Crippen molar-refractivity contribution in [3.8, 4) is 0 Å². The van der Waals surface area contributed by atoms with Crippen molar-refractivity contribution in [3.63, 3.8) is 0 Å². The Labute approximate surface area is 114 Å². The van der Waals surface area contributed by atoms with Gasteiger partial charge in [0.2, 0.25) is 5.91 Å². The highest BCUT2D eigenvalue weighted by Gasteiger charge is 2.46. The number of benzene rings is 1. The number of aliphatic hydroxyl groups excluding tert-OH is 1. The standard InChI is InChI=1S/C16H21NO2/c1-11-4-2-3-5-12(11)13-8-14(13)15(19)17-9-16(10-18)6-7-16/h2-5,13-14,18H,6-10H2,1H3,(H,17,19). The van der Waals surface area contributed by atoms with Crippen molar-refractivity contribution in [3.05, 3.63) is 35.4 Å². The van der Waals surface area contributed by atoms with Crippen LogP contribution in [0.25, 0.3) is 0 Å². The lowest BCUT2D eigenvalue weighted by Crippen LogP contribution is -2.33. The molecule has 2 aliphatic rings. The van der Waals surface area contributed by atoms with Crippen LogP contribution < -0.4 is 5.32 Å². The zero-order valence-electron chi connectivity index (χ0n) is 11.4. The van der Waals surface area contributed by atoms with Crippen molar-refractivity contribution in [1.29, 1.82) is 0 Å². The van der Waals surface area contributed by atoms with E-state index in [-0.39, 0.29) is 23.8 Å². The summed E-state index contributed by atoms with van der Waals surface area (Å²) in [6.45, 7) is 2.94. The van der Waals surface area contributed by atoms with Crippen LogP contribution >= 0.6 is 0 Å². The van der Waals surface area contributed by atoms with Crippen molar-refractivity contribution in [1.82, 2.24) is 5.32 Å². The Morgan fingerprint density at radius 2 is 2.16 bits per heavy atom. The summed E-state index contributed by atoms with van der Waals surface area (Å²) in [6.07, 6.45) is 3.04. The van der Waals surface area contributed by atoms with Gasteiger partial charge in [-0.2, -0.15) is 0 Å². The minimum absolute atomic E-state index is 0.00269. The van der Waals surface area contributed by atoms with Gasteiger partial charge in [-0.1, -0.05) is 24.3 Å². The Morgan fingerprint density at radius 1 is 1.42 bits per heavy atom. The average Bonchev–Trinajstić information content (AvgIpc) is 3.31. The van der Waals surface area contributed by atoms with Crippen molar-refractivity contribution >= 4 is 5.91 Å². The number of hydrogen-bond donors (Lipinski definition) is 2. The van der Waals surface area contributed by atoms with Crippen LogP contribution in [0.2, 0.25) is 0 Å². The van der Waals surface area contributed by atoms with E-state index < -0.39 is 0 Å². The summed E-state index contributed by atoms with van der Waals surface area (Å²) in [6, 6.07) is 8.31. The monoisotopic (exact) mass is 259 g/mol. The summed E-state index contributed by atoms with van der Waals surface area (Å²) < 4.78 is 0. The molecule has 2 N–H and O–H groups in total. The first-order valence-corrected chi connectivity index (χ1v) is 7.09. The molecule has 2 saturated carbocycles. The van der Waals surface area contributed by atoms with E-state index in [0.29, 0.717) is 12.5 Å². The van der Waals surface area contributed by atoms with Gasteiger partial charge in [0.25, 0.3) is 0 Å². The van der Waals surface area contributed by atoms with Gasteiger partial charge in [-0.3, -0.25) is 4.79 Å². The van der Waals surface area contributed by atoms with E-state index in [1.165, 1.54) is 11.1 Å². The van der Waals surface area contributed by atoms with Crippen LogP contribution in [-0.4, -0.2) is 24.2 Å². The molecule has 19 heavy (non-hydrogen) atoms. The lowest BCUT2D eigenvalue weighted by atomic mass is 10.0. The predicted molar refractivity (Wildman–Crippen MR) is 73.8 cm³/mol. The SMILES string of the molecule is Cc1ccccc1C1CC1C(=O)NCC1(CO)CC1. The summed E-state index contributed by atoms with van der Waals surface area (Å²) in [5.74, 6) is 0.689. The topological polar surface area (TPSA) is 49.3 Å². The normalized spacial score (nSPS) is 26.8. The van der Waals surface area contributed by atoms with Crippen LogP contribution in [0.1, 0.15) is 36.3 Å². The van der Waals surface area contributed by atoms with E-state index >= 15 is 0 Å². The molecule has 2 unspecified atom stereocenters. The number of aryl methyl sites for hydroxylation is 1. The van der Waals surface area contributed by atoms with Gasteiger partial charge in [0.1, 0.15) is 0 Å². The minimum Gasteiger partial charge on any atom is -0.396 e. The molecule has 0 radical (unpaired) electrons. The zero-order chi connectivity index (χ0) is 13.5. The molecule has 3 nitrogen and oxygen atoms in total. The summed E-state index contributed by atoms with van der Waals surface area (Å²) in [7, 11) is 0. The molecule has 3 rings (SSSR count). The maximum Gasteiger partial charge on any atom is 0.223 e. The largest absolute Gasteiger partial charge is 0.396 e. The first-order valence-electron chi connectivity index (χ1n) is 7.09. The molecule has 0 heterocycles. The van der Waals surface area contributed by atoms with E-state index in [2.05, 4.69) is 24.4 Å². The minimum atomic E-state index is 0.00269. The number of hydrogen-bond acceptors (Lipinski definition) is 2. The number of carbonyl (C=O) groups is 1. The Hall–Kier alpha value is -1.35. The lowest BCUT2D eigenvalue weighted by molar-refractivity contribution is -0.122. The lowest BCUT2D eigenvalue weighted by Gasteiger charge is -2.12. The zero-order valence-corrected chi connectivity index (χ0v) is 11.4. The van der Waals surface area contributed by atoms with Crippen molar-refractivity contribution in [2.24, 2.45) is 11.3 Å². The second kappa shape index (κ2) is 4.64. The van der Waals surface area contributed by atoms with Crippen molar-refractivity contribution in [2.45, 2.75) is 32.1 Å². The number of rotatable bonds is 5. The van der Waals surface area contributed by atoms with Gasteiger partial charge in [0, 0.05) is 17.9 Å². The van der Waals surface area contributed by atoms with Crippen LogP contribution in [0.5, 0.6) is 0 Å². The average molecular weight is 259 g/mol. The van der Waals surface area contributed by atoms with E-state index in [1.807, 2.05) is 12.1 Å². The molecule has 0 saturated heterocycles. The first-order chi connectivity index (χ1) is 9.15. The Morgan fingerprint density at radius 3 is 2.79 bits per heavy atom. The molecule has 2 atom stereocenters. The van der Waals surface area contributed by atoms with Crippen LogP contribution in [0.15, 0.2) is 24.3 Å². The summed E-state index contributed by atoms with van der Waals surface area (Å²) in [4.78, 5) is 12.1. The Bertz CT molecular complexity index is 493.